The molecule has 3 aromatic heterocycles. The lowest BCUT2D eigenvalue weighted by Gasteiger charge is -1.95. The Hall–Kier alpha value is -2.18. The molecule has 0 atom stereocenters. The largest absolute Gasteiger partial charge is 0.334 e. The third kappa shape index (κ3) is 0.940. The SMILES string of the molecule is CCc1nnc2c3cn[nH]c3[nH]c(=O)n12. The Morgan fingerprint density at radius 2 is 2.33 bits per heavy atom. The first kappa shape index (κ1) is 8.16. The van der Waals surface area contributed by atoms with Crippen LogP contribution in [0.15, 0.2) is 11.0 Å². The zero-order valence-corrected chi connectivity index (χ0v) is 7.98. The molecule has 0 amide bonds. The van der Waals surface area contributed by atoms with Crippen LogP contribution in [0.2, 0.25) is 0 Å². The van der Waals surface area contributed by atoms with Crippen molar-refractivity contribution >= 4 is 16.7 Å². The van der Waals surface area contributed by atoms with Crippen LogP contribution in [0.3, 0.4) is 0 Å². The number of aryl methyl sites for hydroxylation is 1. The van der Waals surface area contributed by atoms with Gasteiger partial charge in [-0.3, -0.25) is 10.1 Å². The fourth-order valence-corrected chi connectivity index (χ4v) is 1.65. The van der Waals surface area contributed by atoms with Crippen LogP contribution in [0, 0.1) is 0 Å². The lowest BCUT2D eigenvalue weighted by Crippen LogP contribution is -2.18. The summed E-state index contributed by atoms with van der Waals surface area (Å²) in [5.74, 6) is 0.648. The van der Waals surface area contributed by atoms with Crippen molar-refractivity contribution < 1.29 is 0 Å². The van der Waals surface area contributed by atoms with Crippen LogP contribution >= 0.6 is 0 Å². The van der Waals surface area contributed by atoms with Gasteiger partial charge in [0, 0.05) is 6.42 Å². The number of aromatic nitrogens is 6. The zero-order chi connectivity index (χ0) is 10.4. The topological polar surface area (TPSA) is 91.7 Å². The van der Waals surface area contributed by atoms with Crippen LogP contribution in [0.5, 0.6) is 0 Å². The highest BCUT2D eigenvalue weighted by atomic mass is 16.1. The average Bonchev–Trinajstić information content (AvgIpc) is 2.81. The van der Waals surface area contributed by atoms with Crippen molar-refractivity contribution in [1.29, 1.82) is 0 Å². The average molecular weight is 204 g/mol. The number of fused-ring (bicyclic) bond motifs is 3. The first-order valence-electron chi connectivity index (χ1n) is 4.60. The van der Waals surface area contributed by atoms with E-state index >= 15 is 0 Å². The molecule has 2 N–H and O–H groups in total. The maximum absolute atomic E-state index is 11.7. The quantitative estimate of drug-likeness (QED) is 0.577. The van der Waals surface area contributed by atoms with E-state index in [9.17, 15) is 4.79 Å². The van der Waals surface area contributed by atoms with E-state index in [2.05, 4.69) is 25.4 Å². The van der Waals surface area contributed by atoms with Crippen LogP contribution in [0.25, 0.3) is 16.7 Å². The van der Waals surface area contributed by atoms with E-state index in [1.54, 1.807) is 6.20 Å². The predicted molar refractivity (Wildman–Crippen MR) is 52.6 cm³/mol. The molecule has 3 heterocycles. The summed E-state index contributed by atoms with van der Waals surface area (Å²) in [5.41, 5.74) is 0.866. The molecule has 0 spiro atoms. The van der Waals surface area contributed by atoms with E-state index in [0.717, 1.165) is 5.39 Å². The molecule has 3 aromatic rings. The van der Waals surface area contributed by atoms with Gasteiger partial charge in [0.2, 0.25) is 0 Å². The first-order chi connectivity index (χ1) is 7.31. The molecule has 3 rings (SSSR count). The third-order valence-corrected chi connectivity index (χ3v) is 2.36. The lowest BCUT2D eigenvalue weighted by atomic mass is 10.4. The second kappa shape index (κ2) is 2.66. The summed E-state index contributed by atoms with van der Waals surface area (Å²) in [6.45, 7) is 1.93. The van der Waals surface area contributed by atoms with Gasteiger partial charge < -0.3 is 0 Å². The highest BCUT2D eigenvalue weighted by molar-refractivity contribution is 5.87. The Labute approximate surface area is 83.1 Å². The normalized spacial score (nSPS) is 11.5. The first-order valence-corrected chi connectivity index (χ1v) is 4.60. The molecule has 15 heavy (non-hydrogen) atoms. The zero-order valence-electron chi connectivity index (χ0n) is 7.98. The molecule has 0 bridgehead atoms. The second-order valence-corrected chi connectivity index (χ2v) is 3.22. The minimum Gasteiger partial charge on any atom is -0.291 e. The molecule has 0 unspecified atom stereocenters. The smallest absolute Gasteiger partial charge is 0.291 e. The Bertz CT molecular complexity index is 690. The molecule has 0 aliphatic heterocycles. The highest BCUT2D eigenvalue weighted by Crippen LogP contribution is 2.11. The molecule has 0 fully saturated rings. The summed E-state index contributed by atoms with van der Waals surface area (Å²) in [4.78, 5) is 14.4. The summed E-state index contributed by atoms with van der Waals surface area (Å²) in [5, 5.41) is 15.2. The molecule has 7 nitrogen and oxygen atoms in total. The number of rotatable bonds is 1. The van der Waals surface area contributed by atoms with Crippen molar-refractivity contribution in [3.8, 4) is 0 Å². The Morgan fingerprint density at radius 3 is 3.13 bits per heavy atom. The molecule has 0 radical (unpaired) electrons. The van der Waals surface area contributed by atoms with Gasteiger partial charge in [-0.25, -0.2) is 9.20 Å². The highest BCUT2D eigenvalue weighted by Gasteiger charge is 2.11. The van der Waals surface area contributed by atoms with Crippen LogP contribution in [0.4, 0.5) is 0 Å². The van der Waals surface area contributed by atoms with Crippen LogP contribution in [-0.2, 0) is 6.42 Å². The van der Waals surface area contributed by atoms with Gasteiger partial charge in [0.25, 0.3) is 0 Å². The molecule has 0 aliphatic rings. The maximum Gasteiger partial charge on any atom is 0.334 e. The number of nitrogens with zero attached hydrogens (tertiary/aromatic N) is 4. The van der Waals surface area contributed by atoms with E-state index in [1.807, 2.05) is 6.92 Å². The van der Waals surface area contributed by atoms with E-state index < -0.39 is 0 Å². The Balaban J connectivity index is 2.63. The van der Waals surface area contributed by atoms with Gasteiger partial charge in [-0.2, -0.15) is 5.10 Å². The predicted octanol–water partition coefficient (Wildman–Crippen LogP) is -0.144. The molecule has 0 saturated carbocycles. The van der Waals surface area contributed by atoms with Gasteiger partial charge in [0.15, 0.2) is 5.65 Å². The van der Waals surface area contributed by atoms with Crippen molar-refractivity contribution in [3.05, 3.63) is 22.5 Å². The van der Waals surface area contributed by atoms with Crippen molar-refractivity contribution in [2.45, 2.75) is 13.3 Å². The summed E-state index contributed by atoms with van der Waals surface area (Å²) in [6, 6.07) is 0. The van der Waals surface area contributed by atoms with E-state index in [-0.39, 0.29) is 5.69 Å². The van der Waals surface area contributed by atoms with Gasteiger partial charge in [-0.05, 0) is 0 Å². The Morgan fingerprint density at radius 1 is 1.47 bits per heavy atom. The van der Waals surface area contributed by atoms with Crippen LogP contribution in [0.1, 0.15) is 12.7 Å². The van der Waals surface area contributed by atoms with Crippen molar-refractivity contribution in [2.75, 3.05) is 0 Å². The summed E-state index contributed by atoms with van der Waals surface area (Å²) in [6.07, 6.45) is 2.28. The van der Waals surface area contributed by atoms with Crippen LogP contribution in [-0.4, -0.2) is 29.8 Å². The minimum absolute atomic E-state index is 0.247. The van der Waals surface area contributed by atoms with Crippen LogP contribution < -0.4 is 5.69 Å². The van der Waals surface area contributed by atoms with Gasteiger partial charge in [0.05, 0.1) is 11.6 Å². The van der Waals surface area contributed by atoms with E-state index in [1.165, 1.54) is 4.40 Å². The molecule has 76 valence electrons. The van der Waals surface area contributed by atoms with Gasteiger partial charge in [-0.15, -0.1) is 10.2 Å². The molecule has 0 saturated heterocycles. The van der Waals surface area contributed by atoms with E-state index in [0.29, 0.717) is 23.5 Å². The van der Waals surface area contributed by atoms with Crippen molar-refractivity contribution in [1.82, 2.24) is 29.8 Å². The molecular formula is C8H8N6O. The molecule has 0 aromatic carbocycles. The fourth-order valence-electron chi connectivity index (χ4n) is 1.65. The summed E-state index contributed by atoms with van der Waals surface area (Å²) < 4.78 is 1.47. The standard InChI is InChI=1S/C8H8N6O/c1-2-5-11-13-7-4-3-9-12-6(4)10-8(15)14(5)7/h3H,2H2,1H3,(H2,9,10,12,15). The number of hydrogen-bond acceptors (Lipinski definition) is 4. The monoisotopic (exact) mass is 204 g/mol. The van der Waals surface area contributed by atoms with E-state index in [4.69, 9.17) is 0 Å². The summed E-state index contributed by atoms with van der Waals surface area (Å²) in [7, 11) is 0. The van der Waals surface area contributed by atoms with Crippen molar-refractivity contribution in [3.63, 3.8) is 0 Å². The van der Waals surface area contributed by atoms with Gasteiger partial charge in [0.1, 0.15) is 11.5 Å². The number of nitrogens with one attached hydrogen (secondary N) is 2. The van der Waals surface area contributed by atoms with Gasteiger partial charge in [-0.1, -0.05) is 6.92 Å². The molecule has 0 aliphatic carbocycles. The van der Waals surface area contributed by atoms with Crippen molar-refractivity contribution in [2.24, 2.45) is 0 Å². The Kier molecular flexibility index (Phi) is 1.44. The lowest BCUT2D eigenvalue weighted by molar-refractivity contribution is 0.873. The maximum atomic E-state index is 11.7. The summed E-state index contributed by atoms with van der Waals surface area (Å²) >= 11 is 0. The minimum atomic E-state index is -0.247. The molecule has 7 heteroatoms. The third-order valence-electron chi connectivity index (χ3n) is 2.36. The number of H-pyrrole nitrogens is 2. The second-order valence-electron chi connectivity index (χ2n) is 3.22. The van der Waals surface area contributed by atoms with Gasteiger partial charge >= 0.3 is 5.69 Å². The molecular weight excluding hydrogens is 196 g/mol. The number of aromatic amines is 2. The number of hydrogen-bond donors (Lipinski definition) is 2. The fraction of sp³-hybridized carbons (Fsp3) is 0.250.